The van der Waals surface area contributed by atoms with Crippen molar-refractivity contribution in [1.82, 2.24) is 25.5 Å². The van der Waals surface area contributed by atoms with E-state index >= 15 is 0 Å². The van der Waals surface area contributed by atoms with Crippen molar-refractivity contribution in [3.05, 3.63) is 53.6 Å². The van der Waals surface area contributed by atoms with E-state index < -0.39 is 41.6 Å². The van der Waals surface area contributed by atoms with Crippen LogP contribution in [0.5, 0.6) is 0 Å². The number of rotatable bonds is 12. The first-order valence-electron chi connectivity index (χ1n) is 13.5. The highest BCUT2D eigenvalue weighted by Crippen LogP contribution is 2.33. The number of halogens is 3. The van der Waals surface area contributed by atoms with Gasteiger partial charge >= 0.3 is 18.1 Å². The molecule has 11 nitrogen and oxygen atoms in total. The molecule has 0 unspecified atom stereocenters. The van der Waals surface area contributed by atoms with Gasteiger partial charge in [0.25, 0.3) is 0 Å². The van der Waals surface area contributed by atoms with Gasteiger partial charge in [-0.05, 0) is 42.4 Å². The van der Waals surface area contributed by atoms with Gasteiger partial charge in [0.1, 0.15) is 11.6 Å². The second kappa shape index (κ2) is 15.8. The molecule has 0 saturated heterocycles. The number of H-pyrrole nitrogens is 1. The molecule has 0 radical (unpaired) electrons. The van der Waals surface area contributed by atoms with Crippen molar-refractivity contribution in [2.75, 3.05) is 18.6 Å². The van der Waals surface area contributed by atoms with Crippen molar-refractivity contribution in [3.8, 4) is 0 Å². The van der Waals surface area contributed by atoms with Crippen LogP contribution in [0.1, 0.15) is 44.0 Å². The summed E-state index contributed by atoms with van der Waals surface area (Å²) in [5.41, 5.74) is 1.73. The summed E-state index contributed by atoms with van der Waals surface area (Å²) in [5, 5.41) is 22.9. The number of carboxylic acids is 2. The number of fused-ring (bicyclic) bond motifs is 1. The molecule has 0 aliphatic carbocycles. The van der Waals surface area contributed by atoms with E-state index in [9.17, 15) is 32.7 Å². The Hall–Kier alpha value is -3.59. The highest BCUT2D eigenvalue weighted by Gasteiger charge is 2.48. The molecule has 0 spiro atoms. The fourth-order valence-corrected chi connectivity index (χ4v) is 5.06. The number of amides is 2. The number of imidazole rings is 1. The summed E-state index contributed by atoms with van der Waals surface area (Å²) in [4.78, 5) is 57.1. The Morgan fingerprint density at radius 3 is 2.30 bits per heavy atom. The number of aromatic nitrogens is 2. The Balaban J connectivity index is 0.000000821. The molecule has 3 rings (SSSR count). The van der Waals surface area contributed by atoms with Crippen LogP contribution in [0.15, 0.2) is 36.8 Å². The molecule has 43 heavy (non-hydrogen) atoms. The van der Waals surface area contributed by atoms with Crippen LogP contribution in [-0.4, -0.2) is 91.2 Å². The lowest BCUT2D eigenvalue weighted by Crippen LogP contribution is -2.66. The quantitative estimate of drug-likeness (QED) is 0.237. The Morgan fingerprint density at radius 2 is 1.79 bits per heavy atom. The minimum Gasteiger partial charge on any atom is -0.480 e. The minimum absolute atomic E-state index is 0.0166. The summed E-state index contributed by atoms with van der Waals surface area (Å²) in [6.45, 7) is 6.55. The maximum absolute atomic E-state index is 14.0. The van der Waals surface area contributed by atoms with E-state index in [1.807, 2.05) is 44.4 Å². The van der Waals surface area contributed by atoms with Crippen molar-refractivity contribution >= 4 is 35.5 Å². The average Bonchev–Trinajstić information content (AvgIpc) is 3.45. The lowest BCUT2D eigenvalue weighted by atomic mass is 9.82. The smallest absolute Gasteiger partial charge is 0.480 e. The molecule has 0 fully saturated rings. The van der Waals surface area contributed by atoms with E-state index in [4.69, 9.17) is 9.90 Å². The first kappa shape index (κ1) is 35.6. The van der Waals surface area contributed by atoms with E-state index in [2.05, 4.69) is 20.6 Å². The number of aromatic amines is 1. The minimum atomic E-state index is -5.08. The van der Waals surface area contributed by atoms with Gasteiger partial charge in [0.05, 0.1) is 12.4 Å². The van der Waals surface area contributed by atoms with E-state index in [0.717, 1.165) is 16.8 Å². The maximum Gasteiger partial charge on any atom is 0.490 e. The number of thioether (sulfide) groups is 1. The number of nitrogens with zero attached hydrogens (tertiary/aromatic N) is 2. The van der Waals surface area contributed by atoms with Crippen LogP contribution in [-0.2, 0) is 38.6 Å². The molecular formula is C28H38F3N5O6S. The zero-order valence-electron chi connectivity index (χ0n) is 24.4. The van der Waals surface area contributed by atoms with Crippen LogP contribution in [0.2, 0.25) is 0 Å². The third-order valence-corrected chi connectivity index (χ3v) is 7.68. The van der Waals surface area contributed by atoms with Gasteiger partial charge in [0.15, 0.2) is 0 Å². The van der Waals surface area contributed by atoms with Gasteiger partial charge < -0.3 is 30.7 Å². The Morgan fingerprint density at radius 1 is 1.16 bits per heavy atom. The van der Waals surface area contributed by atoms with Crippen LogP contribution in [0.3, 0.4) is 0 Å². The van der Waals surface area contributed by atoms with Crippen LogP contribution in [0.4, 0.5) is 13.2 Å². The van der Waals surface area contributed by atoms with E-state index in [-0.39, 0.29) is 18.4 Å². The number of hydrogen-bond donors (Lipinski definition) is 5. The van der Waals surface area contributed by atoms with Crippen molar-refractivity contribution in [2.45, 2.75) is 70.4 Å². The third kappa shape index (κ3) is 9.99. The van der Waals surface area contributed by atoms with Gasteiger partial charge in [-0.15, -0.1) is 0 Å². The molecule has 2 amide bonds. The maximum atomic E-state index is 14.0. The number of carbonyl (C=O) groups is 4. The SMILES string of the molecule is CSCC[C@H](NC(=O)[C@@]1(C)Cc2ccccc2CN1C(=O)[C@@H](NCCc1cnc[nH]1)C(C)C)C(=O)O.O=C(O)C(F)(F)F. The summed E-state index contributed by atoms with van der Waals surface area (Å²) in [6, 6.07) is 6.27. The van der Waals surface area contributed by atoms with Crippen LogP contribution in [0.25, 0.3) is 0 Å². The number of nitrogens with one attached hydrogen (secondary N) is 3. The standard InChI is InChI=1S/C26H37N5O4S.C2HF3O2/c1-17(2)22(28-11-9-20-14-27-16-29-20)23(32)31-15-19-8-6-5-7-18(19)13-26(31,3)25(35)30-21(24(33)34)10-12-36-4;3-2(4,5)1(6)7/h5-8,14,16-17,21-22,28H,9-13,15H2,1-4H3,(H,27,29)(H,30,35)(H,33,34);(H,6,7)/t21-,22-,26+;/m0./s1. The molecule has 3 atom stereocenters. The molecule has 1 aliphatic heterocycles. The lowest BCUT2D eigenvalue weighted by Gasteiger charge is -2.46. The molecule has 0 bridgehead atoms. The molecule has 5 N–H and O–H groups in total. The van der Waals surface area contributed by atoms with Crippen molar-refractivity contribution < 1.29 is 42.6 Å². The van der Waals surface area contributed by atoms with Gasteiger partial charge in [-0.25, -0.2) is 14.6 Å². The van der Waals surface area contributed by atoms with E-state index in [1.54, 1.807) is 24.3 Å². The summed E-state index contributed by atoms with van der Waals surface area (Å²) in [7, 11) is 0. The van der Waals surface area contributed by atoms with Crippen molar-refractivity contribution in [3.63, 3.8) is 0 Å². The fourth-order valence-electron chi connectivity index (χ4n) is 4.59. The topological polar surface area (TPSA) is 165 Å². The second-order valence-corrected chi connectivity index (χ2v) is 11.6. The zero-order valence-corrected chi connectivity index (χ0v) is 25.2. The first-order chi connectivity index (χ1) is 20.1. The molecule has 1 aliphatic rings. The van der Waals surface area contributed by atoms with Crippen LogP contribution >= 0.6 is 11.8 Å². The van der Waals surface area contributed by atoms with E-state index in [0.29, 0.717) is 31.6 Å². The first-order valence-corrected chi connectivity index (χ1v) is 14.9. The number of carboxylic acid groups (broad SMARTS) is 2. The molecule has 0 saturated carbocycles. The van der Waals surface area contributed by atoms with Gasteiger partial charge in [-0.2, -0.15) is 24.9 Å². The summed E-state index contributed by atoms with van der Waals surface area (Å²) >= 11 is 1.53. The van der Waals surface area contributed by atoms with Gasteiger partial charge in [0, 0.05) is 37.8 Å². The van der Waals surface area contributed by atoms with Crippen molar-refractivity contribution in [1.29, 1.82) is 0 Å². The Bertz CT molecular complexity index is 1240. The predicted octanol–water partition coefficient (Wildman–Crippen LogP) is 2.87. The third-order valence-electron chi connectivity index (χ3n) is 7.04. The van der Waals surface area contributed by atoms with E-state index in [1.165, 1.54) is 11.8 Å². The molecule has 2 heterocycles. The van der Waals surface area contributed by atoms with Gasteiger partial charge in [0.2, 0.25) is 11.8 Å². The number of hydrogen-bond acceptors (Lipinski definition) is 7. The van der Waals surface area contributed by atoms with Crippen molar-refractivity contribution in [2.24, 2.45) is 5.92 Å². The molecule has 15 heteroatoms. The van der Waals surface area contributed by atoms with Gasteiger partial charge in [-0.1, -0.05) is 38.1 Å². The van der Waals surface area contributed by atoms with Crippen LogP contribution in [0, 0.1) is 5.92 Å². The average molecular weight is 630 g/mol. The highest BCUT2D eigenvalue weighted by atomic mass is 32.2. The summed E-state index contributed by atoms with van der Waals surface area (Å²) < 4.78 is 31.7. The highest BCUT2D eigenvalue weighted by molar-refractivity contribution is 7.98. The summed E-state index contributed by atoms with van der Waals surface area (Å²) in [5.74, 6) is -3.86. The molecule has 238 valence electrons. The van der Waals surface area contributed by atoms with Gasteiger partial charge in [-0.3, -0.25) is 9.59 Å². The normalized spacial score (nSPS) is 17.7. The second-order valence-electron chi connectivity index (χ2n) is 10.6. The Labute approximate surface area is 252 Å². The number of benzene rings is 1. The summed E-state index contributed by atoms with van der Waals surface area (Å²) in [6.07, 6.45) is 1.51. The Kier molecular flexibility index (Phi) is 13.0. The number of carbonyl (C=O) groups excluding carboxylic acids is 2. The number of aliphatic carboxylic acids is 2. The molecule has 1 aromatic carbocycles. The molecule has 2 aromatic rings. The number of alkyl halides is 3. The molecule has 1 aromatic heterocycles. The monoisotopic (exact) mass is 629 g/mol. The zero-order chi connectivity index (χ0) is 32.4. The van der Waals surface area contributed by atoms with Crippen LogP contribution < -0.4 is 10.6 Å². The fraction of sp³-hybridized carbons (Fsp3) is 0.536. The largest absolute Gasteiger partial charge is 0.490 e. The predicted molar refractivity (Wildman–Crippen MR) is 154 cm³/mol. The molecular weight excluding hydrogens is 591 g/mol. The lowest BCUT2D eigenvalue weighted by molar-refractivity contribution is -0.192.